The van der Waals surface area contributed by atoms with Crippen LogP contribution in [0.15, 0.2) is 36.5 Å². The number of nitrogens with one attached hydrogen (secondary N) is 1. The van der Waals surface area contributed by atoms with Crippen molar-refractivity contribution in [2.45, 2.75) is 33.9 Å². The number of rotatable bonds is 5. The molecule has 1 amide bonds. The van der Waals surface area contributed by atoms with Gasteiger partial charge in [0, 0.05) is 30.5 Å². The molecule has 0 unspecified atom stereocenters. The van der Waals surface area contributed by atoms with Gasteiger partial charge < -0.3 is 9.88 Å². The average Bonchev–Trinajstić information content (AvgIpc) is 3.05. The first-order valence-electron chi connectivity index (χ1n) is 7.87. The molecule has 1 aromatic carbocycles. The highest BCUT2D eigenvalue weighted by molar-refractivity contribution is 5.80. The summed E-state index contributed by atoms with van der Waals surface area (Å²) in [7, 11) is 0. The Morgan fingerprint density at radius 1 is 1.17 bits per heavy atom. The van der Waals surface area contributed by atoms with Crippen LogP contribution < -0.4 is 5.32 Å². The van der Waals surface area contributed by atoms with E-state index >= 15 is 0 Å². The number of nitrogens with zero attached hydrogens (tertiary/aromatic N) is 3. The van der Waals surface area contributed by atoms with Gasteiger partial charge in [-0.3, -0.25) is 9.48 Å². The van der Waals surface area contributed by atoms with Crippen LogP contribution in [0, 0.1) is 20.8 Å². The molecule has 1 N–H and O–H groups in total. The summed E-state index contributed by atoms with van der Waals surface area (Å²) in [6.07, 6.45) is 2.06. The average molecular weight is 310 g/mol. The maximum absolute atomic E-state index is 12.1. The lowest BCUT2D eigenvalue weighted by Crippen LogP contribution is -2.31. The fourth-order valence-corrected chi connectivity index (χ4v) is 2.78. The van der Waals surface area contributed by atoms with Gasteiger partial charge in [-0.05, 0) is 43.9 Å². The normalized spacial score (nSPS) is 11.1. The first kappa shape index (κ1) is 15.3. The third-order valence-electron chi connectivity index (χ3n) is 4.39. The minimum Gasteiger partial charge on any atom is -0.353 e. The topological polar surface area (TPSA) is 51.9 Å². The van der Waals surface area contributed by atoms with Crippen molar-refractivity contribution in [1.82, 2.24) is 19.7 Å². The van der Waals surface area contributed by atoms with E-state index in [-0.39, 0.29) is 12.5 Å². The van der Waals surface area contributed by atoms with Gasteiger partial charge in [-0.15, -0.1) is 0 Å². The summed E-state index contributed by atoms with van der Waals surface area (Å²) >= 11 is 0. The second-order valence-corrected chi connectivity index (χ2v) is 5.87. The number of hydrogen-bond acceptors (Lipinski definition) is 2. The number of benzene rings is 1. The maximum Gasteiger partial charge on any atom is 0.241 e. The second-order valence-electron chi connectivity index (χ2n) is 5.87. The molecule has 3 aromatic rings. The van der Waals surface area contributed by atoms with E-state index in [0.717, 1.165) is 23.5 Å². The summed E-state index contributed by atoms with van der Waals surface area (Å²) in [5.74, 6) is -0.00735. The largest absolute Gasteiger partial charge is 0.353 e. The molecule has 0 aliphatic rings. The molecule has 0 aliphatic heterocycles. The Morgan fingerprint density at radius 3 is 2.70 bits per heavy atom. The lowest BCUT2D eigenvalue weighted by molar-refractivity contribution is -0.121. The molecule has 23 heavy (non-hydrogen) atoms. The molecule has 0 fully saturated rings. The third kappa shape index (κ3) is 3.13. The van der Waals surface area contributed by atoms with E-state index < -0.39 is 0 Å². The van der Waals surface area contributed by atoms with E-state index in [1.807, 2.05) is 32.9 Å². The Bertz CT molecular complexity index is 844. The first-order chi connectivity index (χ1) is 11.1. The van der Waals surface area contributed by atoms with Gasteiger partial charge in [-0.25, -0.2) is 0 Å². The van der Waals surface area contributed by atoms with Crippen LogP contribution in [0.4, 0.5) is 0 Å². The summed E-state index contributed by atoms with van der Waals surface area (Å²) in [6, 6.07) is 10.3. The van der Waals surface area contributed by atoms with E-state index in [9.17, 15) is 4.79 Å². The predicted octanol–water partition coefficient (Wildman–Crippen LogP) is 2.58. The van der Waals surface area contributed by atoms with Gasteiger partial charge in [0.2, 0.25) is 5.91 Å². The molecule has 120 valence electrons. The fraction of sp³-hybridized carbons (Fsp3) is 0.333. The Labute approximate surface area is 135 Å². The number of para-hydroxylation sites is 1. The molecule has 3 rings (SSSR count). The summed E-state index contributed by atoms with van der Waals surface area (Å²) in [4.78, 5) is 12.1. The molecular weight excluding hydrogens is 288 g/mol. The van der Waals surface area contributed by atoms with E-state index in [4.69, 9.17) is 0 Å². The molecule has 0 saturated heterocycles. The van der Waals surface area contributed by atoms with Crippen LogP contribution in [-0.4, -0.2) is 26.8 Å². The molecule has 5 nitrogen and oxygen atoms in total. The van der Waals surface area contributed by atoms with Crippen molar-refractivity contribution in [3.05, 3.63) is 53.5 Å². The minimum atomic E-state index is -0.00735. The van der Waals surface area contributed by atoms with Gasteiger partial charge in [-0.1, -0.05) is 18.2 Å². The Balaban J connectivity index is 1.56. The molecule has 0 spiro atoms. The quantitative estimate of drug-likeness (QED) is 0.787. The Hall–Kier alpha value is -2.56. The SMILES string of the molecule is Cc1nn(CC(=O)NCCn2ccc3ccccc32)c(C)c1C. The zero-order valence-corrected chi connectivity index (χ0v) is 13.8. The van der Waals surface area contributed by atoms with Crippen molar-refractivity contribution < 1.29 is 4.79 Å². The van der Waals surface area contributed by atoms with Gasteiger partial charge in [0.15, 0.2) is 0 Å². The predicted molar refractivity (Wildman–Crippen MR) is 91.4 cm³/mol. The Kier molecular flexibility index (Phi) is 4.19. The molecule has 5 heteroatoms. The molecule has 0 bridgehead atoms. The highest BCUT2D eigenvalue weighted by Crippen LogP contribution is 2.14. The van der Waals surface area contributed by atoms with Gasteiger partial charge in [0.25, 0.3) is 0 Å². The smallest absolute Gasteiger partial charge is 0.241 e. The van der Waals surface area contributed by atoms with Crippen molar-refractivity contribution in [3.8, 4) is 0 Å². The highest BCUT2D eigenvalue weighted by atomic mass is 16.2. The highest BCUT2D eigenvalue weighted by Gasteiger charge is 2.10. The van der Waals surface area contributed by atoms with Crippen LogP contribution in [0.5, 0.6) is 0 Å². The van der Waals surface area contributed by atoms with Crippen LogP contribution >= 0.6 is 0 Å². The molecular formula is C18H22N4O. The molecule has 0 radical (unpaired) electrons. The van der Waals surface area contributed by atoms with Gasteiger partial charge in [0.05, 0.1) is 5.69 Å². The van der Waals surface area contributed by atoms with Crippen molar-refractivity contribution in [3.63, 3.8) is 0 Å². The van der Waals surface area contributed by atoms with E-state index in [1.54, 1.807) is 4.68 Å². The number of hydrogen-bond donors (Lipinski definition) is 1. The molecule has 0 aliphatic carbocycles. The van der Waals surface area contributed by atoms with E-state index in [2.05, 4.69) is 39.4 Å². The lowest BCUT2D eigenvalue weighted by Gasteiger charge is -2.09. The number of aromatic nitrogens is 3. The van der Waals surface area contributed by atoms with Crippen LogP contribution in [-0.2, 0) is 17.9 Å². The zero-order valence-electron chi connectivity index (χ0n) is 13.8. The molecule has 0 saturated carbocycles. The summed E-state index contributed by atoms with van der Waals surface area (Å²) < 4.78 is 3.92. The van der Waals surface area contributed by atoms with Gasteiger partial charge in [0.1, 0.15) is 6.54 Å². The van der Waals surface area contributed by atoms with Crippen LogP contribution in [0.1, 0.15) is 17.0 Å². The van der Waals surface area contributed by atoms with E-state index in [1.165, 1.54) is 10.9 Å². The number of amides is 1. The molecule has 0 atom stereocenters. The Morgan fingerprint density at radius 2 is 1.96 bits per heavy atom. The van der Waals surface area contributed by atoms with Crippen molar-refractivity contribution >= 4 is 16.8 Å². The van der Waals surface area contributed by atoms with Crippen molar-refractivity contribution in [2.75, 3.05) is 6.54 Å². The number of carbonyl (C=O) groups is 1. The summed E-state index contributed by atoms with van der Waals surface area (Å²) in [5.41, 5.74) is 4.37. The van der Waals surface area contributed by atoms with Gasteiger partial charge in [-0.2, -0.15) is 5.10 Å². The summed E-state index contributed by atoms with van der Waals surface area (Å²) in [5, 5.41) is 8.59. The number of carbonyl (C=O) groups excluding carboxylic acids is 1. The van der Waals surface area contributed by atoms with Gasteiger partial charge >= 0.3 is 0 Å². The van der Waals surface area contributed by atoms with Crippen molar-refractivity contribution in [2.24, 2.45) is 0 Å². The van der Waals surface area contributed by atoms with E-state index in [0.29, 0.717) is 6.54 Å². The molecule has 2 heterocycles. The zero-order chi connectivity index (χ0) is 16.4. The summed E-state index contributed by atoms with van der Waals surface area (Å²) in [6.45, 7) is 7.63. The fourth-order valence-electron chi connectivity index (χ4n) is 2.78. The first-order valence-corrected chi connectivity index (χ1v) is 7.87. The standard InChI is InChI=1S/C18H22N4O/c1-13-14(2)20-22(15(13)3)12-18(23)19-9-11-21-10-8-16-6-4-5-7-17(16)21/h4-8,10H,9,11-12H2,1-3H3,(H,19,23). The monoisotopic (exact) mass is 310 g/mol. The lowest BCUT2D eigenvalue weighted by atomic mass is 10.2. The maximum atomic E-state index is 12.1. The second kappa shape index (κ2) is 6.28. The number of aryl methyl sites for hydroxylation is 1. The van der Waals surface area contributed by atoms with Crippen molar-refractivity contribution in [1.29, 1.82) is 0 Å². The van der Waals surface area contributed by atoms with Crippen LogP contribution in [0.2, 0.25) is 0 Å². The third-order valence-corrected chi connectivity index (χ3v) is 4.39. The van der Waals surface area contributed by atoms with Crippen LogP contribution in [0.3, 0.4) is 0 Å². The minimum absolute atomic E-state index is 0.00735. The molecule has 2 aromatic heterocycles. The number of fused-ring (bicyclic) bond motifs is 1. The van der Waals surface area contributed by atoms with Crippen LogP contribution in [0.25, 0.3) is 10.9 Å².